The summed E-state index contributed by atoms with van der Waals surface area (Å²) in [5.74, 6) is -2.28. The smallest absolute Gasteiger partial charge is 0.248 e. The standard InChI is InChI=1S/C11H19F2NO/c1-8-10(15)3-2-4-14(8)7-9-5-11(12,13)6-9/h8-10,15H,2-7H2,1H3. The third kappa shape index (κ3) is 2.48. The van der Waals surface area contributed by atoms with E-state index in [9.17, 15) is 13.9 Å². The maximum atomic E-state index is 12.6. The minimum atomic E-state index is -2.41. The molecule has 0 aromatic heterocycles. The molecular formula is C11H19F2NO. The van der Waals surface area contributed by atoms with Gasteiger partial charge in [0.15, 0.2) is 0 Å². The van der Waals surface area contributed by atoms with Crippen LogP contribution < -0.4 is 0 Å². The third-order valence-corrected chi connectivity index (χ3v) is 3.75. The van der Waals surface area contributed by atoms with Gasteiger partial charge in [0.2, 0.25) is 5.92 Å². The fraction of sp³-hybridized carbons (Fsp3) is 1.00. The summed E-state index contributed by atoms with van der Waals surface area (Å²) in [5, 5.41) is 9.66. The Labute approximate surface area is 89.3 Å². The molecule has 1 aliphatic heterocycles. The predicted octanol–water partition coefficient (Wildman–Crippen LogP) is 1.88. The van der Waals surface area contributed by atoms with Crippen LogP contribution in [0.5, 0.6) is 0 Å². The number of nitrogens with zero attached hydrogens (tertiary/aromatic N) is 1. The van der Waals surface area contributed by atoms with Crippen molar-refractivity contribution in [1.29, 1.82) is 0 Å². The summed E-state index contributed by atoms with van der Waals surface area (Å²) in [5.41, 5.74) is 0. The Kier molecular flexibility index (Phi) is 2.99. The molecule has 2 nitrogen and oxygen atoms in total. The first-order valence-corrected chi connectivity index (χ1v) is 5.78. The zero-order valence-corrected chi connectivity index (χ0v) is 9.13. The number of aliphatic hydroxyl groups excluding tert-OH is 1. The van der Waals surface area contributed by atoms with Crippen molar-refractivity contribution in [2.24, 2.45) is 5.92 Å². The van der Waals surface area contributed by atoms with Crippen molar-refractivity contribution in [3.05, 3.63) is 0 Å². The maximum Gasteiger partial charge on any atom is 0.248 e. The fourth-order valence-corrected chi connectivity index (χ4v) is 2.69. The molecule has 0 aromatic rings. The molecule has 1 N–H and O–H groups in total. The zero-order valence-electron chi connectivity index (χ0n) is 9.13. The topological polar surface area (TPSA) is 23.5 Å². The molecule has 88 valence electrons. The first-order valence-electron chi connectivity index (χ1n) is 5.78. The Morgan fingerprint density at radius 2 is 2.07 bits per heavy atom. The summed E-state index contributed by atoms with van der Waals surface area (Å²) in [6.07, 6.45) is 1.62. The van der Waals surface area contributed by atoms with Crippen LogP contribution in [0.25, 0.3) is 0 Å². The molecule has 2 fully saturated rings. The lowest BCUT2D eigenvalue weighted by molar-refractivity contribution is -0.122. The van der Waals surface area contributed by atoms with Gasteiger partial charge in [0.25, 0.3) is 0 Å². The van der Waals surface area contributed by atoms with Crippen LogP contribution in [0.4, 0.5) is 8.78 Å². The Hall–Kier alpha value is -0.220. The van der Waals surface area contributed by atoms with Crippen LogP contribution in [0, 0.1) is 5.92 Å². The van der Waals surface area contributed by atoms with Gasteiger partial charge in [-0.05, 0) is 32.2 Å². The minimum absolute atomic E-state index is 0.0340. The highest BCUT2D eigenvalue weighted by Crippen LogP contribution is 2.43. The summed E-state index contributed by atoms with van der Waals surface area (Å²) in [4.78, 5) is 2.16. The number of hydrogen-bond donors (Lipinski definition) is 1. The van der Waals surface area contributed by atoms with Gasteiger partial charge in [-0.15, -0.1) is 0 Å². The van der Waals surface area contributed by atoms with Crippen molar-refractivity contribution < 1.29 is 13.9 Å². The second kappa shape index (κ2) is 3.98. The zero-order chi connectivity index (χ0) is 11.1. The summed E-state index contributed by atoms with van der Waals surface area (Å²) >= 11 is 0. The van der Waals surface area contributed by atoms with Crippen LogP contribution >= 0.6 is 0 Å². The highest BCUT2D eigenvalue weighted by atomic mass is 19.3. The van der Waals surface area contributed by atoms with E-state index in [1.807, 2.05) is 6.92 Å². The largest absolute Gasteiger partial charge is 0.392 e. The molecule has 2 rings (SSSR count). The lowest BCUT2D eigenvalue weighted by atomic mass is 9.80. The molecule has 2 aliphatic rings. The van der Waals surface area contributed by atoms with Crippen LogP contribution in [0.3, 0.4) is 0 Å². The molecule has 2 atom stereocenters. The Morgan fingerprint density at radius 3 is 2.67 bits per heavy atom. The molecule has 0 aromatic carbocycles. The number of aliphatic hydroxyl groups is 1. The van der Waals surface area contributed by atoms with E-state index >= 15 is 0 Å². The summed E-state index contributed by atoms with van der Waals surface area (Å²) in [7, 11) is 0. The molecule has 2 unspecified atom stereocenters. The van der Waals surface area contributed by atoms with Gasteiger partial charge in [-0.1, -0.05) is 0 Å². The quantitative estimate of drug-likeness (QED) is 0.766. The average Bonchev–Trinajstić information content (AvgIpc) is 2.10. The molecule has 1 saturated heterocycles. The third-order valence-electron chi connectivity index (χ3n) is 3.75. The second-order valence-corrected chi connectivity index (χ2v) is 5.08. The molecule has 1 heterocycles. The van der Waals surface area contributed by atoms with Gasteiger partial charge < -0.3 is 5.11 Å². The van der Waals surface area contributed by atoms with E-state index in [0.717, 1.165) is 25.9 Å². The Morgan fingerprint density at radius 1 is 1.40 bits per heavy atom. The van der Waals surface area contributed by atoms with Crippen molar-refractivity contribution in [3.8, 4) is 0 Å². The van der Waals surface area contributed by atoms with Gasteiger partial charge in [-0.25, -0.2) is 8.78 Å². The number of hydrogen-bond acceptors (Lipinski definition) is 2. The molecule has 1 aliphatic carbocycles. The van der Waals surface area contributed by atoms with Crippen LogP contribution in [0.2, 0.25) is 0 Å². The van der Waals surface area contributed by atoms with E-state index in [2.05, 4.69) is 4.90 Å². The lowest BCUT2D eigenvalue weighted by Gasteiger charge is -2.43. The van der Waals surface area contributed by atoms with E-state index < -0.39 is 5.92 Å². The summed E-state index contributed by atoms with van der Waals surface area (Å²) < 4.78 is 25.3. The van der Waals surface area contributed by atoms with E-state index in [-0.39, 0.29) is 30.9 Å². The Balaban J connectivity index is 1.79. The molecule has 0 radical (unpaired) electrons. The summed E-state index contributed by atoms with van der Waals surface area (Å²) in [6.45, 7) is 3.66. The van der Waals surface area contributed by atoms with Crippen molar-refractivity contribution >= 4 is 0 Å². The fourth-order valence-electron chi connectivity index (χ4n) is 2.69. The summed E-state index contributed by atoms with van der Waals surface area (Å²) in [6, 6.07) is 0.132. The number of piperidine rings is 1. The number of halogens is 2. The van der Waals surface area contributed by atoms with E-state index in [4.69, 9.17) is 0 Å². The lowest BCUT2D eigenvalue weighted by Crippen LogP contribution is -2.51. The number of alkyl halides is 2. The van der Waals surface area contributed by atoms with E-state index in [1.54, 1.807) is 0 Å². The van der Waals surface area contributed by atoms with Gasteiger partial charge in [-0.2, -0.15) is 0 Å². The molecule has 4 heteroatoms. The van der Waals surface area contributed by atoms with Crippen LogP contribution in [-0.2, 0) is 0 Å². The van der Waals surface area contributed by atoms with E-state index in [1.165, 1.54) is 0 Å². The van der Waals surface area contributed by atoms with Gasteiger partial charge in [0.05, 0.1) is 6.10 Å². The first kappa shape index (κ1) is 11.3. The Bertz CT molecular complexity index is 227. The minimum Gasteiger partial charge on any atom is -0.392 e. The van der Waals surface area contributed by atoms with Crippen LogP contribution in [-0.4, -0.2) is 41.2 Å². The van der Waals surface area contributed by atoms with Crippen molar-refractivity contribution in [2.75, 3.05) is 13.1 Å². The van der Waals surface area contributed by atoms with Crippen LogP contribution in [0.1, 0.15) is 32.6 Å². The molecular weight excluding hydrogens is 200 g/mol. The number of likely N-dealkylation sites (tertiary alicyclic amines) is 1. The molecule has 0 amide bonds. The van der Waals surface area contributed by atoms with Crippen molar-refractivity contribution in [2.45, 2.75) is 50.7 Å². The van der Waals surface area contributed by atoms with Gasteiger partial charge >= 0.3 is 0 Å². The average molecular weight is 219 g/mol. The maximum absolute atomic E-state index is 12.6. The van der Waals surface area contributed by atoms with Gasteiger partial charge in [0, 0.05) is 25.4 Å². The van der Waals surface area contributed by atoms with Crippen molar-refractivity contribution in [1.82, 2.24) is 4.90 Å². The highest BCUT2D eigenvalue weighted by molar-refractivity contribution is 4.90. The molecule has 1 saturated carbocycles. The molecule has 0 spiro atoms. The first-order chi connectivity index (χ1) is 6.98. The van der Waals surface area contributed by atoms with Gasteiger partial charge in [-0.3, -0.25) is 4.90 Å². The number of rotatable bonds is 2. The van der Waals surface area contributed by atoms with E-state index in [0.29, 0.717) is 0 Å². The second-order valence-electron chi connectivity index (χ2n) is 5.08. The normalized spacial score (nSPS) is 37.6. The SMILES string of the molecule is CC1C(O)CCCN1CC1CC(F)(F)C1. The van der Waals surface area contributed by atoms with Gasteiger partial charge in [0.1, 0.15) is 0 Å². The monoisotopic (exact) mass is 219 g/mol. The molecule has 15 heavy (non-hydrogen) atoms. The molecule has 0 bridgehead atoms. The van der Waals surface area contributed by atoms with Crippen LogP contribution in [0.15, 0.2) is 0 Å². The predicted molar refractivity (Wildman–Crippen MR) is 53.9 cm³/mol. The highest BCUT2D eigenvalue weighted by Gasteiger charge is 2.46. The van der Waals surface area contributed by atoms with Crippen molar-refractivity contribution in [3.63, 3.8) is 0 Å².